The number of thioether (sulfide) groups is 1. The summed E-state index contributed by atoms with van der Waals surface area (Å²) in [5.41, 5.74) is 1.03. The van der Waals surface area contributed by atoms with E-state index in [1.807, 2.05) is 13.0 Å². The van der Waals surface area contributed by atoms with Gasteiger partial charge in [-0.3, -0.25) is 0 Å². The highest BCUT2D eigenvalue weighted by Crippen LogP contribution is 2.15. The third-order valence-corrected chi connectivity index (χ3v) is 3.94. The van der Waals surface area contributed by atoms with Gasteiger partial charge in [0.2, 0.25) is 0 Å². The maximum atomic E-state index is 4.52. The summed E-state index contributed by atoms with van der Waals surface area (Å²) in [5.74, 6) is 1.96. The lowest BCUT2D eigenvalue weighted by Crippen LogP contribution is -2.24. The molecule has 1 N–H and O–H groups in total. The van der Waals surface area contributed by atoms with Gasteiger partial charge in [0.25, 0.3) is 0 Å². The SMILES string of the molecule is CCSc1nc(C)cc(NCCCCN(CC)CC)n1. The van der Waals surface area contributed by atoms with Crippen molar-refractivity contribution >= 4 is 17.6 Å². The van der Waals surface area contributed by atoms with E-state index in [0.717, 1.165) is 42.1 Å². The molecular formula is C15H28N4S. The Labute approximate surface area is 127 Å². The van der Waals surface area contributed by atoms with Crippen molar-refractivity contribution < 1.29 is 0 Å². The molecule has 5 heteroatoms. The van der Waals surface area contributed by atoms with Gasteiger partial charge in [0.15, 0.2) is 5.16 Å². The van der Waals surface area contributed by atoms with Gasteiger partial charge in [-0.15, -0.1) is 0 Å². The van der Waals surface area contributed by atoms with Crippen LogP contribution in [0.2, 0.25) is 0 Å². The van der Waals surface area contributed by atoms with Crippen molar-refractivity contribution in [3.8, 4) is 0 Å². The van der Waals surface area contributed by atoms with Crippen molar-refractivity contribution in [2.24, 2.45) is 0 Å². The van der Waals surface area contributed by atoms with Crippen molar-refractivity contribution in [2.45, 2.75) is 45.7 Å². The number of hydrogen-bond donors (Lipinski definition) is 1. The zero-order chi connectivity index (χ0) is 14.8. The Hall–Kier alpha value is -0.810. The van der Waals surface area contributed by atoms with E-state index >= 15 is 0 Å². The van der Waals surface area contributed by atoms with Crippen LogP contribution in [0.25, 0.3) is 0 Å². The molecule has 0 aliphatic heterocycles. The quantitative estimate of drug-likeness (QED) is 0.407. The number of aryl methyl sites for hydroxylation is 1. The van der Waals surface area contributed by atoms with E-state index in [1.54, 1.807) is 11.8 Å². The first kappa shape index (κ1) is 17.2. The summed E-state index contributed by atoms with van der Waals surface area (Å²) in [7, 11) is 0. The molecule has 1 aromatic rings. The molecule has 0 aliphatic rings. The second-order valence-electron chi connectivity index (χ2n) is 4.77. The molecule has 0 saturated carbocycles. The number of anilines is 1. The standard InChI is InChI=1S/C15H28N4S/c1-5-19(6-2)11-9-8-10-16-14-12-13(4)17-15(18-14)20-7-3/h12H,5-11H2,1-4H3,(H,16,17,18). The van der Waals surface area contributed by atoms with Gasteiger partial charge < -0.3 is 10.2 Å². The smallest absolute Gasteiger partial charge is 0.189 e. The number of rotatable bonds is 10. The Morgan fingerprint density at radius 2 is 1.90 bits per heavy atom. The molecular weight excluding hydrogens is 268 g/mol. The van der Waals surface area contributed by atoms with E-state index < -0.39 is 0 Å². The van der Waals surface area contributed by atoms with Crippen molar-refractivity contribution in [1.29, 1.82) is 0 Å². The van der Waals surface area contributed by atoms with Gasteiger partial charge in [-0.05, 0) is 45.2 Å². The normalized spacial score (nSPS) is 11.1. The van der Waals surface area contributed by atoms with E-state index in [1.165, 1.54) is 19.4 Å². The third-order valence-electron chi connectivity index (χ3n) is 3.21. The Morgan fingerprint density at radius 1 is 1.15 bits per heavy atom. The van der Waals surface area contributed by atoms with Gasteiger partial charge in [0.05, 0.1) is 0 Å². The summed E-state index contributed by atoms with van der Waals surface area (Å²) >= 11 is 1.69. The zero-order valence-corrected chi connectivity index (χ0v) is 14.1. The van der Waals surface area contributed by atoms with Crippen LogP contribution in [0.3, 0.4) is 0 Å². The van der Waals surface area contributed by atoms with Gasteiger partial charge in [0.1, 0.15) is 5.82 Å². The molecule has 0 fully saturated rings. The Morgan fingerprint density at radius 3 is 2.55 bits per heavy atom. The summed E-state index contributed by atoms with van der Waals surface area (Å²) in [6.07, 6.45) is 2.41. The zero-order valence-electron chi connectivity index (χ0n) is 13.3. The molecule has 1 heterocycles. The fourth-order valence-corrected chi connectivity index (χ4v) is 2.67. The van der Waals surface area contributed by atoms with Gasteiger partial charge >= 0.3 is 0 Å². The number of nitrogens with one attached hydrogen (secondary N) is 1. The molecule has 0 bridgehead atoms. The van der Waals surface area contributed by atoms with Crippen molar-refractivity contribution in [3.63, 3.8) is 0 Å². The monoisotopic (exact) mass is 296 g/mol. The molecule has 0 saturated heterocycles. The van der Waals surface area contributed by atoms with Gasteiger partial charge in [-0.25, -0.2) is 9.97 Å². The first-order valence-electron chi connectivity index (χ1n) is 7.64. The van der Waals surface area contributed by atoms with Crippen LogP contribution in [0, 0.1) is 6.92 Å². The van der Waals surface area contributed by atoms with Crippen molar-refractivity contribution in [3.05, 3.63) is 11.8 Å². The van der Waals surface area contributed by atoms with Crippen LogP contribution in [0.15, 0.2) is 11.2 Å². The third kappa shape index (κ3) is 6.57. The predicted molar refractivity (Wildman–Crippen MR) is 88.7 cm³/mol. The van der Waals surface area contributed by atoms with Crippen LogP contribution in [0.5, 0.6) is 0 Å². The highest BCUT2D eigenvalue weighted by Gasteiger charge is 2.02. The summed E-state index contributed by atoms with van der Waals surface area (Å²) in [5, 5.41) is 4.28. The lowest BCUT2D eigenvalue weighted by atomic mass is 10.3. The molecule has 1 rings (SSSR count). The minimum Gasteiger partial charge on any atom is -0.370 e. The predicted octanol–water partition coefficient (Wildman–Crippen LogP) is 3.43. The second-order valence-corrected chi connectivity index (χ2v) is 6.00. The lowest BCUT2D eigenvalue weighted by Gasteiger charge is -2.17. The molecule has 114 valence electrons. The minimum absolute atomic E-state index is 0.873. The molecule has 1 aromatic heterocycles. The first-order chi connectivity index (χ1) is 9.69. The van der Waals surface area contributed by atoms with Crippen LogP contribution in [-0.4, -0.2) is 46.8 Å². The van der Waals surface area contributed by atoms with Gasteiger partial charge in [-0.1, -0.05) is 32.5 Å². The summed E-state index contributed by atoms with van der Waals surface area (Å²) in [4.78, 5) is 11.4. The number of nitrogens with zero attached hydrogens (tertiary/aromatic N) is 3. The van der Waals surface area contributed by atoms with Crippen molar-refractivity contribution in [1.82, 2.24) is 14.9 Å². The van der Waals surface area contributed by atoms with E-state index in [0.29, 0.717) is 0 Å². The molecule has 20 heavy (non-hydrogen) atoms. The second kappa shape index (κ2) is 10.00. The van der Waals surface area contributed by atoms with E-state index in [9.17, 15) is 0 Å². The Bertz CT molecular complexity index is 380. The lowest BCUT2D eigenvalue weighted by molar-refractivity contribution is 0.298. The fourth-order valence-electron chi connectivity index (χ4n) is 2.04. The van der Waals surface area contributed by atoms with Crippen LogP contribution < -0.4 is 5.32 Å². The Kier molecular flexibility index (Phi) is 8.62. The summed E-state index contributed by atoms with van der Waals surface area (Å²) in [6, 6.07) is 2.02. The van der Waals surface area contributed by atoms with Gasteiger partial charge in [-0.2, -0.15) is 0 Å². The van der Waals surface area contributed by atoms with Crippen molar-refractivity contribution in [2.75, 3.05) is 37.2 Å². The number of aromatic nitrogens is 2. The fraction of sp³-hybridized carbons (Fsp3) is 0.733. The van der Waals surface area contributed by atoms with Crippen LogP contribution >= 0.6 is 11.8 Å². The molecule has 4 nitrogen and oxygen atoms in total. The minimum atomic E-state index is 0.873. The maximum Gasteiger partial charge on any atom is 0.189 e. The molecule has 0 atom stereocenters. The van der Waals surface area contributed by atoms with Crippen LogP contribution in [0.1, 0.15) is 39.3 Å². The highest BCUT2D eigenvalue weighted by atomic mass is 32.2. The van der Waals surface area contributed by atoms with E-state index in [-0.39, 0.29) is 0 Å². The highest BCUT2D eigenvalue weighted by molar-refractivity contribution is 7.99. The molecule has 0 radical (unpaired) electrons. The van der Waals surface area contributed by atoms with Gasteiger partial charge in [0, 0.05) is 18.3 Å². The largest absolute Gasteiger partial charge is 0.370 e. The molecule has 0 unspecified atom stereocenters. The first-order valence-corrected chi connectivity index (χ1v) is 8.62. The Balaban J connectivity index is 2.31. The topological polar surface area (TPSA) is 41.1 Å². The molecule has 0 aliphatic carbocycles. The van der Waals surface area contributed by atoms with Crippen LogP contribution in [0.4, 0.5) is 5.82 Å². The average molecular weight is 296 g/mol. The van der Waals surface area contributed by atoms with Crippen LogP contribution in [-0.2, 0) is 0 Å². The van der Waals surface area contributed by atoms with E-state index in [2.05, 4.69) is 41.0 Å². The summed E-state index contributed by atoms with van der Waals surface area (Å²) in [6.45, 7) is 13.0. The molecule has 0 amide bonds. The summed E-state index contributed by atoms with van der Waals surface area (Å²) < 4.78 is 0. The number of unbranched alkanes of at least 4 members (excludes halogenated alkanes) is 1. The average Bonchev–Trinajstić information content (AvgIpc) is 2.42. The molecule has 0 spiro atoms. The molecule has 0 aromatic carbocycles. The van der Waals surface area contributed by atoms with E-state index in [4.69, 9.17) is 0 Å². The number of hydrogen-bond acceptors (Lipinski definition) is 5. The maximum absolute atomic E-state index is 4.52.